The Morgan fingerprint density at radius 3 is 2.70 bits per heavy atom. The fourth-order valence-electron chi connectivity index (χ4n) is 2.26. The maximum Gasteiger partial charge on any atom is 0.308 e. The Morgan fingerprint density at radius 1 is 1.09 bits per heavy atom. The minimum absolute atomic E-state index is 0.282. The minimum Gasteiger partial charge on any atom is -0.424 e. The van der Waals surface area contributed by atoms with Crippen LogP contribution in [0.15, 0.2) is 54.6 Å². The SMILES string of the molecule is CC(=O)Oc1cccc2ccc(/C=C/c3cccc(F)c3)nc12. The summed E-state index contributed by atoms with van der Waals surface area (Å²) in [5.74, 6) is -0.244. The first-order valence-electron chi connectivity index (χ1n) is 7.14. The molecule has 0 unspecified atom stereocenters. The Hall–Kier alpha value is -3.01. The van der Waals surface area contributed by atoms with Crippen molar-refractivity contribution in [2.24, 2.45) is 0 Å². The lowest BCUT2D eigenvalue weighted by Gasteiger charge is -2.06. The number of ether oxygens (including phenoxy) is 1. The van der Waals surface area contributed by atoms with Gasteiger partial charge in [-0.2, -0.15) is 0 Å². The van der Waals surface area contributed by atoms with Crippen molar-refractivity contribution in [1.29, 1.82) is 0 Å². The number of esters is 1. The van der Waals surface area contributed by atoms with Crippen LogP contribution in [0.3, 0.4) is 0 Å². The van der Waals surface area contributed by atoms with Crippen molar-refractivity contribution in [3.63, 3.8) is 0 Å². The van der Waals surface area contributed by atoms with Crippen LogP contribution < -0.4 is 4.74 Å². The number of hydrogen-bond acceptors (Lipinski definition) is 3. The first kappa shape index (κ1) is 14.9. The molecule has 0 amide bonds. The highest BCUT2D eigenvalue weighted by Gasteiger charge is 2.06. The maximum atomic E-state index is 13.2. The highest BCUT2D eigenvalue weighted by molar-refractivity contribution is 5.88. The van der Waals surface area contributed by atoms with E-state index in [1.807, 2.05) is 30.3 Å². The first-order chi connectivity index (χ1) is 11.1. The lowest BCUT2D eigenvalue weighted by molar-refractivity contribution is -0.131. The summed E-state index contributed by atoms with van der Waals surface area (Å²) in [6, 6.07) is 15.5. The van der Waals surface area contributed by atoms with E-state index in [-0.39, 0.29) is 11.8 Å². The van der Waals surface area contributed by atoms with Gasteiger partial charge in [0, 0.05) is 12.3 Å². The second-order valence-corrected chi connectivity index (χ2v) is 5.05. The zero-order chi connectivity index (χ0) is 16.2. The van der Waals surface area contributed by atoms with Crippen molar-refractivity contribution >= 4 is 29.0 Å². The molecule has 0 fully saturated rings. The van der Waals surface area contributed by atoms with Gasteiger partial charge in [0.1, 0.15) is 11.3 Å². The van der Waals surface area contributed by atoms with Crippen LogP contribution in [0.2, 0.25) is 0 Å². The number of fused-ring (bicyclic) bond motifs is 1. The van der Waals surface area contributed by atoms with E-state index in [9.17, 15) is 9.18 Å². The standard InChI is InChI=1S/C19H14FNO2/c1-13(22)23-18-7-3-5-15-9-11-17(21-19(15)18)10-8-14-4-2-6-16(20)12-14/h2-12H,1H3/b10-8+. The summed E-state index contributed by atoms with van der Waals surface area (Å²) in [5.41, 5.74) is 2.06. The van der Waals surface area contributed by atoms with Crippen LogP contribution >= 0.6 is 0 Å². The topological polar surface area (TPSA) is 39.2 Å². The van der Waals surface area contributed by atoms with Gasteiger partial charge in [0.25, 0.3) is 0 Å². The third-order valence-corrected chi connectivity index (χ3v) is 3.25. The molecule has 1 heterocycles. The van der Waals surface area contributed by atoms with Gasteiger partial charge >= 0.3 is 5.97 Å². The first-order valence-corrected chi connectivity index (χ1v) is 7.14. The average Bonchev–Trinajstić information content (AvgIpc) is 2.53. The average molecular weight is 307 g/mol. The number of hydrogen-bond donors (Lipinski definition) is 0. The van der Waals surface area contributed by atoms with Crippen LogP contribution in [0.1, 0.15) is 18.2 Å². The Balaban J connectivity index is 1.97. The molecule has 0 saturated carbocycles. The summed E-state index contributed by atoms with van der Waals surface area (Å²) in [6.07, 6.45) is 3.57. The van der Waals surface area contributed by atoms with Crippen LogP contribution in [0.25, 0.3) is 23.1 Å². The van der Waals surface area contributed by atoms with E-state index >= 15 is 0 Å². The van der Waals surface area contributed by atoms with Crippen LogP contribution in [-0.4, -0.2) is 11.0 Å². The molecule has 0 N–H and O–H groups in total. The highest BCUT2D eigenvalue weighted by Crippen LogP contribution is 2.24. The fourth-order valence-corrected chi connectivity index (χ4v) is 2.26. The molecule has 1 aromatic heterocycles. The quantitative estimate of drug-likeness (QED) is 0.529. The number of benzene rings is 2. The molecule has 3 nitrogen and oxygen atoms in total. The number of rotatable bonds is 3. The second kappa shape index (κ2) is 6.40. The molecule has 3 rings (SSSR count). The molecule has 114 valence electrons. The van der Waals surface area contributed by atoms with Gasteiger partial charge < -0.3 is 4.74 Å². The number of halogens is 1. The van der Waals surface area contributed by atoms with Crippen molar-refractivity contribution in [2.75, 3.05) is 0 Å². The second-order valence-electron chi connectivity index (χ2n) is 5.05. The van der Waals surface area contributed by atoms with E-state index in [0.29, 0.717) is 17.0 Å². The van der Waals surface area contributed by atoms with Gasteiger partial charge in [-0.3, -0.25) is 4.79 Å². The largest absolute Gasteiger partial charge is 0.424 e. The van der Waals surface area contributed by atoms with Crippen molar-refractivity contribution in [2.45, 2.75) is 6.92 Å². The number of para-hydroxylation sites is 1. The van der Waals surface area contributed by atoms with E-state index in [1.165, 1.54) is 19.1 Å². The Labute approximate surface area is 133 Å². The summed E-state index contributed by atoms with van der Waals surface area (Å²) in [5, 5.41) is 0.881. The number of carbonyl (C=O) groups is 1. The van der Waals surface area contributed by atoms with Gasteiger partial charge in [-0.1, -0.05) is 36.4 Å². The zero-order valence-electron chi connectivity index (χ0n) is 12.5. The summed E-state index contributed by atoms with van der Waals surface area (Å²) in [6.45, 7) is 1.35. The summed E-state index contributed by atoms with van der Waals surface area (Å²) < 4.78 is 18.4. The third-order valence-electron chi connectivity index (χ3n) is 3.25. The molecule has 0 saturated heterocycles. The van der Waals surface area contributed by atoms with Crippen LogP contribution in [0.5, 0.6) is 5.75 Å². The monoisotopic (exact) mass is 307 g/mol. The predicted molar refractivity (Wildman–Crippen MR) is 88.4 cm³/mol. The molecule has 0 spiro atoms. The van der Waals surface area contributed by atoms with Gasteiger partial charge in [0.05, 0.1) is 5.69 Å². The zero-order valence-corrected chi connectivity index (χ0v) is 12.5. The molecule has 23 heavy (non-hydrogen) atoms. The molecule has 0 aliphatic rings. The summed E-state index contributed by atoms with van der Waals surface area (Å²) in [7, 11) is 0. The predicted octanol–water partition coefficient (Wildman–Crippen LogP) is 4.47. The normalized spacial score (nSPS) is 11.0. The van der Waals surface area contributed by atoms with Gasteiger partial charge in [-0.05, 0) is 35.9 Å². The highest BCUT2D eigenvalue weighted by atomic mass is 19.1. The van der Waals surface area contributed by atoms with E-state index in [0.717, 1.165) is 10.9 Å². The van der Waals surface area contributed by atoms with E-state index < -0.39 is 0 Å². The number of pyridine rings is 1. The molecule has 0 aliphatic carbocycles. The maximum absolute atomic E-state index is 13.2. The molecule has 3 aromatic rings. The summed E-state index contributed by atoms with van der Waals surface area (Å²) >= 11 is 0. The van der Waals surface area contributed by atoms with Crippen molar-refractivity contribution in [3.05, 3.63) is 71.7 Å². The van der Waals surface area contributed by atoms with Crippen molar-refractivity contribution in [1.82, 2.24) is 4.98 Å². The molecule has 0 aliphatic heterocycles. The van der Waals surface area contributed by atoms with Crippen LogP contribution in [0, 0.1) is 5.82 Å². The van der Waals surface area contributed by atoms with Gasteiger partial charge in [0.15, 0.2) is 5.75 Å². The Bertz CT molecular complexity index is 903. The number of aromatic nitrogens is 1. The van der Waals surface area contributed by atoms with Gasteiger partial charge in [-0.25, -0.2) is 9.37 Å². The fraction of sp³-hybridized carbons (Fsp3) is 0.0526. The number of carbonyl (C=O) groups excluding carboxylic acids is 1. The molecule has 0 atom stereocenters. The van der Waals surface area contributed by atoms with Gasteiger partial charge in [-0.15, -0.1) is 0 Å². The lowest BCUT2D eigenvalue weighted by Crippen LogP contribution is -2.02. The lowest BCUT2D eigenvalue weighted by atomic mass is 10.1. The van der Waals surface area contributed by atoms with Crippen molar-refractivity contribution < 1.29 is 13.9 Å². The van der Waals surface area contributed by atoms with E-state index in [2.05, 4.69) is 4.98 Å². The third kappa shape index (κ3) is 3.61. The van der Waals surface area contributed by atoms with E-state index in [1.54, 1.807) is 24.3 Å². The smallest absolute Gasteiger partial charge is 0.308 e. The molecule has 0 bridgehead atoms. The minimum atomic E-state index is -0.389. The molecule has 2 aromatic carbocycles. The van der Waals surface area contributed by atoms with Gasteiger partial charge in [0.2, 0.25) is 0 Å². The van der Waals surface area contributed by atoms with Crippen LogP contribution in [-0.2, 0) is 4.79 Å². The van der Waals surface area contributed by atoms with Crippen LogP contribution in [0.4, 0.5) is 4.39 Å². The molecular formula is C19H14FNO2. The summed E-state index contributed by atoms with van der Waals surface area (Å²) in [4.78, 5) is 15.7. The molecule has 4 heteroatoms. The molecule has 0 radical (unpaired) electrons. The Morgan fingerprint density at radius 2 is 1.91 bits per heavy atom. The molecular weight excluding hydrogens is 293 g/mol. The van der Waals surface area contributed by atoms with E-state index in [4.69, 9.17) is 4.74 Å². The Kier molecular flexibility index (Phi) is 4.15. The van der Waals surface area contributed by atoms with Crippen molar-refractivity contribution in [3.8, 4) is 5.75 Å². The number of nitrogens with zero attached hydrogens (tertiary/aromatic N) is 1.